The summed E-state index contributed by atoms with van der Waals surface area (Å²) < 4.78 is 10.9. The maximum atomic E-state index is 13.0. The van der Waals surface area contributed by atoms with E-state index in [9.17, 15) is 9.59 Å². The number of nitrogens with one attached hydrogen (secondary N) is 1. The van der Waals surface area contributed by atoms with Gasteiger partial charge in [-0.15, -0.1) is 0 Å². The molecule has 0 aromatic heterocycles. The Morgan fingerprint density at radius 1 is 1.07 bits per heavy atom. The first-order chi connectivity index (χ1) is 14.1. The molecule has 29 heavy (non-hydrogen) atoms. The second kappa shape index (κ2) is 11.7. The van der Waals surface area contributed by atoms with Crippen molar-refractivity contribution >= 4 is 11.8 Å². The predicted octanol–water partition coefficient (Wildman–Crippen LogP) is 3.41. The van der Waals surface area contributed by atoms with Gasteiger partial charge >= 0.3 is 0 Å². The zero-order valence-electron chi connectivity index (χ0n) is 17.4. The van der Waals surface area contributed by atoms with Crippen molar-refractivity contribution in [3.63, 3.8) is 0 Å². The average molecular weight is 399 g/mol. The van der Waals surface area contributed by atoms with Crippen LogP contribution in [0.2, 0.25) is 0 Å². The van der Waals surface area contributed by atoms with Gasteiger partial charge in [-0.2, -0.15) is 0 Å². The van der Waals surface area contributed by atoms with Crippen LogP contribution in [-0.4, -0.2) is 43.5 Å². The van der Waals surface area contributed by atoms with Crippen LogP contribution in [0.3, 0.4) is 0 Å². The zero-order valence-corrected chi connectivity index (χ0v) is 17.4. The van der Waals surface area contributed by atoms with Crippen LogP contribution in [0.4, 0.5) is 0 Å². The van der Waals surface area contributed by atoms with E-state index in [1.54, 1.807) is 19.1 Å². The lowest BCUT2D eigenvalue weighted by Gasteiger charge is -2.30. The molecular weight excluding hydrogens is 368 g/mol. The summed E-state index contributed by atoms with van der Waals surface area (Å²) in [4.78, 5) is 27.0. The number of ether oxygens (including phenoxy) is 2. The molecule has 2 rings (SSSR count). The number of nitrogens with zero attached hydrogens (tertiary/aromatic N) is 1. The molecule has 1 N–H and O–H groups in total. The van der Waals surface area contributed by atoms with Crippen LogP contribution >= 0.6 is 0 Å². The number of likely N-dealkylation sites (N-methyl/N-ethyl adjacent to an activating group) is 1. The number of rotatable bonds is 11. The number of carbonyl (C=O) groups excluding carboxylic acids is 2. The van der Waals surface area contributed by atoms with Crippen molar-refractivity contribution in [2.24, 2.45) is 0 Å². The SMILES string of the molecule is CC[C@H](C(=O)NC)N(Cc1cccc(OC)c1)C(=O)CCCOc1ccccc1. The molecule has 0 saturated heterocycles. The van der Waals surface area contributed by atoms with Crippen LogP contribution in [0.1, 0.15) is 31.7 Å². The largest absolute Gasteiger partial charge is 0.497 e. The fourth-order valence-electron chi connectivity index (χ4n) is 3.13. The molecule has 0 spiro atoms. The fourth-order valence-corrected chi connectivity index (χ4v) is 3.13. The summed E-state index contributed by atoms with van der Waals surface area (Å²) in [6.07, 6.45) is 1.42. The number of benzene rings is 2. The van der Waals surface area contributed by atoms with E-state index < -0.39 is 6.04 Å². The highest BCUT2D eigenvalue weighted by Crippen LogP contribution is 2.18. The number of carbonyl (C=O) groups is 2. The summed E-state index contributed by atoms with van der Waals surface area (Å²) in [6.45, 7) is 2.70. The number of para-hydroxylation sites is 1. The Labute approximate surface area is 172 Å². The number of methoxy groups -OCH3 is 1. The van der Waals surface area contributed by atoms with E-state index in [0.29, 0.717) is 32.4 Å². The van der Waals surface area contributed by atoms with Gasteiger partial charge in [0.2, 0.25) is 11.8 Å². The van der Waals surface area contributed by atoms with E-state index >= 15 is 0 Å². The fraction of sp³-hybridized carbons (Fsp3) is 0.391. The lowest BCUT2D eigenvalue weighted by Crippen LogP contribution is -2.48. The third-order valence-corrected chi connectivity index (χ3v) is 4.67. The minimum absolute atomic E-state index is 0.0695. The summed E-state index contributed by atoms with van der Waals surface area (Å²) in [5, 5.41) is 2.67. The first-order valence-corrected chi connectivity index (χ1v) is 9.90. The van der Waals surface area contributed by atoms with Crippen molar-refractivity contribution in [3.8, 4) is 11.5 Å². The van der Waals surface area contributed by atoms with Crippen molar-refractivity contribution in [1.29, 1.82) is 0 Å². The van der Waals surface area contributed by atoms with Crippen LogP contribution < -0.4 is 14.8 Å². The van der Waals surface area contributed by atoms with Crippen LogP contribution in [-0.2, 0) is 16.1 Å². The molecule has 2 aromatic carbocycles. The van der Waals surface area contributed by atoms with Gasteiger partial charge in [0.1, 0.15) is 17.5 Å². The summed E-state index contributed by atoms with van der Waals surface area (Å²) in [6, 6.07) is 16.5. The standard InChI is InChI=1S/C23H30N2O4/c1-4-21(23(27)24-2)25(17-18-10-8-13-20(16-18)28-3)22(26)14-9-15-29-19-11-6-5-7-12-19/h5-8,10-13,16,21H,4,9,14-15,17H2,1-3H3,(H,24,27)/t21-/m1/s1. The highest BCUT2D eigenvalue weighted by atomic mass is 16.5. The van der Waals surface area contributed by atoms with Crippen LogP contribution in [0.15, 0.2) is 54.6 Å². The molecule has 6 nitrogen and oxygen atoms in total. The Hall–Kier alpha value is -3.02. The number of amides is 2. The van der Waals surface area contributed by atoms with Gasteiger partial charge in [0.25, 0.3) is 0 Å². The molecule has 0 aliphatic rings. The molecule has 0 saturated carbocycles. The Kier molecular flexibility index (Phi) is 9.02. The zero-order chi connectivity index (χ0) is 21.1. The maximum Gasteiger partial charge on any atom is 0.242 e. The van der Waals surface area contributed by atoms with Crippen molar-refractivity contribution in [2.45, 2.75) is 38.8 Å². The Bertz CT molecular complexity index is 779. The molecular formula is C23H30N2O4. The van der Waals surface area contributed by atoms with Crippen molar-refractivity contribution < 1.29 is 19.1 Å². The third-order valence-electron chi connectivity index (χ3n) is 4.67. The molecule has 0 aliphatic carbocycles. The highest BCUT2D eigenvalue weighted by molar-refractivity contribution is 5.87. The van der Waals surface area contributed by atoms with Crippen molar-refractivity contribution in [1.82, 2.24) is 10.2 Å². The minimum atomic E-state index is -0.520. The van der Waals surface area contributed by atoms with Crippen molar-refractivity contribution in [2.75, 3.05) is 20.8 Å². The lowest BCUT2D eigenvalue weighted by molar-refractivity contribution is -0.141. The Balaban J connectivity index is 2.04. The maximum absolute atomic E-state index is 13.0. The van der Waals surface area contributed by atoms with E-state index in [1.807, 2.05) is 61.5 Å². The summed E-state index contributed by atoms with van der Waals surface area (Å²) in [7, 11) is 3.20. The van der Waals surface area contributed by atoms with Gasteiger partial charge < -0.3 is 19.7 Å². The average Bonchev–Trinajstić information content (AvgIpc) is 2.77. The van der Waals surface area contributed by atoms with Gasteiger partial charge in [-0.25, -0.2) is 0 Å². The van der Waals surface area contributed by atoms with E-state index in [2.05, 4.69) is 5.32 Å². The molecule has 0 bridgehead atoms. The first-order valence-electron chi connectivity index (χ1n) is 9.90. The molecule has 156 valence electrons. The second-order valence-electron chi connectivity index (χ2n) is 6.68. The van der Waals surface area contributed by atoms with Crippen molar-refractivity contribution in [3.05, 3.63) is 60.2 Å². The lowest BCUT2D eigenvalue weighted by atomic mass is 10.1. The van der Waals surface area contributed by atoms with Gasteiger partial charge in [-0.05, 0) is 42.7 Å². The topological polar surface area (TPSA) is 67.9 Å². The van der Waals surface area contributed by atoms with Crippen LogP contribution in [0, 0.1) is 0 Å². The third kappa shape index (κ3) is 6.82. The molecule has 2 amide bonds. The molecule has 2 aromatic rings. The molecule has 1 atom stereocenters. The number of hydrogen-bond donors (Lipinski definition) is 1. The normalized spacial score (nSPS) is 11.4. The van der Waals surface area contributed by atoms with Gasteiger partial charge in [0.05, 0.1) is 13.7 Å². The van der Waals surface area contributed by atoms with E-state index in [-0.39, 0.29) is 11.8 Å². The molecule has 0 aliphatic heterocycles. The van der Waals surface area contributed by atoms with Gasteiger partial charge in [0.15, 0.2) is 0 Å². The summed E-state index contributed by atoms with van der Waals surface area (Å²) in [5.74, 6) is 1.27. The predicted molar refractivity (Wildman–Crippen MR) is 113 cm³/mol. The number of hydrogen-bond acceptors (Lipinski definition) is 4. The Morgan fingerprint density at radius 2 is 1.79 bits per heavy atom. The second-order valence-corrected chi connectivity index (χ2v) is 6.68. The van der Waals surface area contributed by atoms with E-state index in [1.165, 1.54) is 0 Å². The quantitative estimate of drug-likeness (QED) is 0.589. The highest BCUT2D eigenvalue weighted by Gasteiger charge is 2.27. The molecule has 0 fully saturated rings. The van der Waals surface area contributed by atoms with Gasteiger partial charge in [0, 0.05) is 20.0 Å². The van der Waals surface area contributed by atoms with Gasteiger partial charge in [-0.1, -0.05) is 37.3 Å². The molecule has 0 unspecified atom stereocenters. The van der Waals surface area contributed by atoms with E-state index in [0.717, 1.165) is 17.1 Å². The monoisotopic (exact) mass is 398 g/mol. The van der Waals surface area contributed by atoms with Crippen LogP contribution in [0.5, 0.6) is 11.5 Å². The smallest absolute Gasteiger partial charge is 0.242 e. The van der Waals surface area contributed by atoms with Gasteiger partial charge in [-0.3, -0.25) is 9.59 Å². The summed E-state index contributed by atoms with van der Waals surface area (Å²) >= 11 is 0. The Morgan fingerprint density at radius 3 is 2.45 bits per heavy atom. The van der Waals surface area contributed by atoms with Crippen LogP contribution in [0.25, 0.3) is 0 Å². The minimum Gasteiger partial charge on any atom is -0.497 e. The first kappa shape index (κ1) is 22.3. The van der Waals surface area contributed by atoms with E-state index in [4.69, 9.17) is 9.47 Å². The molecule has 0 heterocycles. The summed E-state index contributed by atoms with van der Waals surface area (Å²) in [5.41, 5.74) is 0.917. The molecule has 6 heteroatoms. The molecule has 0 radical (unpaired) electrons.